The van der Waals surface area contributed by atoms with Crippen LogP contribution in [-0.2, 0) is 15.8 Å². The first-order valence-electron chi connectivity index (χ1n) is 8.77. The molecule has 0 saturated heterocycles. The average Bonchev–Trinajstić information content (AvgIpc) is 2.67. The maximum absolute atomic E-state index is 13.1. The molecule has 0 spiro atoms. The van der Waals surface area contributed by atoms with E-state index in [-0.39, 0.29) is 17.3 Å². The predicted molar refractivity (Wildman–Crippen MR) is 103 cm³/mol. The molecule has 3 N–H and O–H groups in total. The smallest absolute Gasteiger partial charge is 0.423 e. The molecule has 0 bridgehead atoms. The van der Waals surface area contributed by atoms with Gasteiger partial charge in [0.15, 0.2) is 0 Å². The molecular formula is C19H18F3N3O6. The van der Waals surface area contributed by atoms with Crippen LogP contribution in [0.25, 0.3) is 0 Å². The molecule has 0 saturated carbocycles. The number of hydrogen-bond acceptors (Lipinski definition) is 6. The molecule has 0 aliphatic rings. The van der Waals surface area contributed by atoms with E-state index in [9.17, 15) is 38.0 Å². The third-order valence-corrected chi connectivity index (χ3v) is 4.04. The fourth-order valence-corrected chi connectivity index (χ4v) is 2.45. The summed E-state index contributed by atoms with van der Waals surface area (Å²) < 4.78 is 44.4. The first-order valence-corrected chi connectivity index (χ1v) is 8.77. The van der Waals surface area contributed by atoms with E-state index in [4.69, 9.17) is 4.74 Å². The molecular weight excluding hydrogens is 423 g/mol. The number of alkyl halides is 3. The maximum atomic E-state index is 13.1. The molecule has 12 heteroatoms. The summed E-state index contributed by atoms with van der Waals surface area (Å²) in [6, 6.07) is 7.90. The molecule has 31 heavy (non-hydrogen) atoms. The molecule has 166 valence electrons. The highest BCUT2D eigenvalue weighted by Gasteiger charge is 2.38. The summed E-state index contributed by atoms with van der Waals surface area (Å²) in [5.74, 6) is -2.18. The number of anilines is 2. The lowest BCUT2D eigenvalue weighted by atomic mass is 10.1. The zero-order valence-electron chi connectivity index (χ0n) is 16.3. The number of nitro benzene ring substituents is 1. The van der Waals surface area contributed by atoms with Gasteiger partial charge in [0.25, 0.3) is 5.69 Å². The second-order valence-corrected chi connectivity index (χ2v) is 6.48. The Morgan fingerprint density at radius 2 is 1.68 bits per heavy atom. The van der Waals surface area contributed by atoms with Crippen molar-refractivity contribution >= 4 is 28.9 Å². The van der Waals surface area contributed by atoms with Crippen molar-refractivity contribution in [2.24, 2.45) is 5.92 Å². The molecule has 2 unspecified atom stereocenters. The number of carbonyl (C=O) groups is 2. The van der Waals surface area contributed by atoms with E-state index < -0.39 is 40.5 Å². The predicted octanol–water partition coefficient (Wildman–Crippen LogP) is 3.54. The fourth-order valence-electron chi connectivity index (χ4n) is 2.45. The summed E-state index contributed by atoms with van der Waals surface area (Å²) in [5.41, 5.74) is -2.51. The molecule has 0 radical (unpaired) electrons. The molecule has 2 rings (SSSR count). The number of carbonyl (C=O) groups excluding carboxylic acids is 2. The Bertz CT molecular complexity index is 979. The summed E-state index contributed by atoms with van der Waals surface area (Å²) in [5, 5.41) is 25.6. The Morgan fingerprint density at radius 1 is 1.10 bits per heavy atom. The van der Waals surface area contributed by atoms with Crippen LogP contribution in [0, 0.1) is 16.0 Å². The molecule has 2 atom stereocenters. The van der Waals surface area contributed by atoms with E-state index in [1.54, 1.807) is 0 Å². The first-order chi connectivity index (χ1) is 14.4. The summed E-state index contributed by atoms with van der Waals surface area (Å²) in [6.45, 7) is 2.61. The van der Waals surface area contributed by atoms with Crippen molar-refractivity contribution in [3.8, 4) is 5.75 Å². The Hall–Kier alpha value is -3.67. The standard InChI is InChI=1S/C19H18F3N3O6/c1-10(18(28)31-14-6-3-12(4-7-14)23-11(2)26)17(27)24-13-5-8-16(25(29)30)15(9-13)19(20,21)22/h3-10,18,28H,1-2H3,(H,23,26)(H,24,27). The Balaban J connectivity index is 2.07. The van der Waals surface area contributed by atoms with Gasteiger partial charge in [-0.15, -0.1) is 0 Å². The number of benzene rings is 2. The SMILES string of the molecule is CC(=O)Nc1ccc(OC(O)C(C)C(=O)Nc2ccc([N+](=O)[O-])c(C(F)(F)F)c2)cc1. The lowest BCUT2D eigenvalue weighted by molar-refractivity contribution is -0.388. The number of ether oxygens (including phenoxy) is 1. The lowest BCUT2D eigenvalue weighted by Gasteiger charge is -2.20. The molecule has 0 aromatic heterocycles. The summed E-state index contributed by atoms with van der Waals surface area (Å²) in [7, 11) is 0. The van der Waals surface area contributed by atoms with E-state index >= 15 is 0 Å². The Morgan fingerprint density at radius 3 is 2.19 bits per heavy atom. The first kappa shape index (κ1) is 23.6. The highest BCUT2D eigenvalue weighted by atomic mass is 19.4. The highest BCUT2D eigenvalue weighted by Crippen LogP contribution is 2.37. The minimum Gasteiger partial charge on any atom is -0.464 e. The van der Waals surface area contributed by atoms with Crippen LogP contribution in [-0.4, -0.2) is 28.1 Å². The van der Waals surface area contributed by atoms with Crippen molar-refractivity contribution in [2.75, 3.05) is 10.6 Å². The monoisotopic (exact) mass is 441 g/mol. The number of halogens is 3. The van der Waals surface area contributed by atoms with E-state index in [2.05, 4.69) is 10.6 Å². The molecule has 0 fully saturated rings. The zero-order chi connectivity index (χ0) is 23.3. The van der Waals surface area contributed by atoms with Gasteiger partial charge in [0.1, 0.15) is 11.3 Å². The maximum Gasteiger partial charge on any atom is 0.423 e. The number of hydrogen-bond donors (Lipinski definition) is 3. The van der Waals surface area contributed by atoms with E-state index in [1.165, 1.54) is 38.1 Å². The van der Waals surface area contributed by atoms with Crippen molar-refractivity contribution in [2.45, 2.75) is 26.3 Å². The van der Waals surface area contributed by atoms with Crippen LogP contribution in [0.5, 0.6) is 5.75 Å². The second kappa shape index (κ2) is 9.43. The van der Waals surface area contributed by atoms with E-state index in [1.807, 2.05) is 0 Å². The third kappa shape index (κ3) is 6.40. The average molecular weight is 441 g/mol. The van der Waals surface area contributed by atoms with Crippen molar-refractivity contribution in [3.05, 3.63) is 58.1 Å². The lowest BCUT2D eigenvalue weighted by Crippen LogP contribution is -2.34. The summed E-state index contributed by atoms with van der Waals surface area (Å²) >= 11 is 0. The van der Waals surface area contributed by atoms with Gasteiger partial charge in [-0.25, -0.2) is 0 Å². The number of rotatable bonds is 7. The number of aliphatic hydroxyl groups is 1. The Kier molecular flexibility index (Phi) is 7.18. The van der Waals surface area contributed by atoms with Gasteiger partial charge in [0.2, 0.25) is 18.1 Å². The van der Waals surface area contributed by atoms with E-state index in [0.717, 1.165) is 6.07 Å². The van der Waals surface area contributed by atoms with Crippen molar-refractivity contribution in [1.82, 2.24) is 0 Å². The molecule has 0 aliphatic heterocycles. The van der Waals surface area contributed by atoms with Gasteiger partial charge in [-0.2, -0.15) is 13.2 Å². The molecule has 2 aromatic carbocycles. The van der Waals surface area contributed by atoms with Gasteiger partial charge < -0.3 is 20.5 Å². The molecule has 0 aliphatic carbocycles. The number of nitro groups is 1. The van der Waals surface area contributed by atoms with Crippen molar-refractivity contribution in [3.63, 3.8) is 0 Å². The number of nitrogens with one attached hydrogen (secondary N) is 2. The van der Waals surface area contributed by atoms with Crippen LogP contribution in [0.4, 0.5) is 30.2 Å². The summed E-state index contributed by atoms with van der Waals surface area (Å²) in [4.78, 5) is 32.9. The van der Waals surface area contributed by atoms with Gasteiger partial charge in [-0.1, -0.05) is 0 Å². The normalized spacial score (nSPS) is 13.1. The van der Waals surface area contributed by atoms with Gasteiger partial charge in [0, 0.05) is 24.4 Å². The van der Waals surface area contributed by atoms with Crippen molar-refractivity contribution < 1.29 is 37.5 Å². The van der Waals surface area contributed by atoms with Gasteiger partial charge in [-0.05, 0) is 43.3 Å². The second-order valence-electron chi connectivity index (χ2n) is 6.48. The van der Waals surface area contributed by atoms with E-state index in [0.29, 0.717) is 17.8 Å². The minimum atomic E-state index is -5.00. The van der Waals surface area contributed by atoms with Crippen LogP contribution in [0.15, 0.2) is 42.5 Å². The number of nitrogens with zero attached hydrogens (tertiary/aromatic N) is 1. The molecule has 2 amide bonds. The van der Waals surface area contributed by atoms with Crippen LogP contribution in [0.2, 0.25) is 0 Å². The van der Waals surface area contributed by atoms with Crippen LogP contribution in [0.3, 0.4) is 0 Å². The van der Waals surface area contributed by atoms with Crippen molar-refractivity contribution in [1.29, 1.82) is 0 Å². The highest BCUT2D eigenvalue weighted by molar-refractivity contribution is 5.93. The van der Waals surface area contributed by atoms with Gasteiger partial charge >= 0.3 is 6.18 Å². The fraction of sp³-hybridized carbons (Fsp3) is 0.263. The number of amides is 2. The van der Waals surface area contributed by atoms with Crippen LogP contribution >= 0.6 is 0 Å². The largest absolute Gasteiger partial charge is 0.464 e. The van der Waals surface area contributed by atoms with Crippen LogP contribution in [0.1, 0.15) is 19.4 Å². The zero-order valence-corrected chi connectivity index (χ0v) is 16.3. The van der Waals surface area contributed by atoms with Gasteiger partial charge in [-0.3, -0.25) is 19.7 Å². The van der Waals surface area contributed by atoms with Crippen LogP contribution < -0.4 is 15.4 Å². The molecule has 0 heterocycles. The number of aliphatic hydroxyl groups excluding tert-OH is 1. The van der Waals surface area contributed by atoms with Gasteiger partial charge in [0.05, 0.1) is 10.8 Å². The molecule has 2 aromatic rings. The topological polar surface area (TPSA) is 131 Å². The third-order valence-electron chi connectivity index (χ3n) is 4.04. The Labute approximate surface area is 174 Å². The molecule has 9 nitrogen and oxygen atoms in total. The quantitative estimate of drug-likeness (QED) is 0.342. The summed E-state index contributed by atoms with van der Waals surface area (Å²) in [6.07, 6.45) is -6.65. The minimum absolute atomic E-state index is 0.177.